The molecule has 1 aliphatic heterocycles. The van der Waals surface area contributed by atoms with Crippen LogP contribution in [-0.2, 0) is 6.42 Å². The van der Waals surface area contributed by atoms with E-state index in [1.165, 1.54) is 10.4 Å². The van der Waals surface area contributed by atoms with Gasteiger partial charge >= 0.3 is 0 Å². The van der Waals surface area contributed by atoms with Crippen molar-refractivity contribution in [3.63, 3.8) is 0 Å². The summed E-state index contributed by atoms with van der Waals surface area (Å²) < 4.78 is 0. The summed E-state index contributed by atoms with van der Waals surface area (Å²) in [7, 11) is 0. The summed E-state index contributed by atoms with van der Waals surface area (Å²) in [6.07, 6.45) is 1.93. The van der Waals surface area contributed by atoms with Crippen molar-refractivity contribution in [2.24, 2.45) is 5.73 Å². The molecule has 17 heavy (non-hydrogen) atoms. The molecular weight excluding hydrogens is 256 g/mol. The molecule has 0 spiro atoms. The van der Waals surface area contributed by atoms with Gasteiger partial charge < -0.3 is 10.6 Å². The number of amides is 1. The molecule has 2 heterocycles. The van der Waals surface area contributed by atoms with E-state index in [1.54, 1.807) is 11.3 Å². The van der Waals surface area contributed by atoms with Crippen LogP contribution in [0, 0.1) is 6.92 Å². The Kier molecular flexibility index (Phi) is 4.98. The molecule has 1 aliphatic rings. The Morgan fingerprint density at radius 1 is 1.65 bits per heavy atom. The van der Waals surface area contributed by atoms with Crippen LogP contribution in [0.3, 0.4) is 0 Å². The van der Waals surface area contributed by atoms with Crippen molar-refractivity contribution in [2.75, 3.05) is 13.1 Å². The molecule has 1 amide bonds. The second-order valence-electron chi connectivity index (χ2n) is 4.37. The molecule has 1 saturated heterocycles. The third-order valence-electron chi connectivity index (χ3n) is 3.06. The van der Waals surface area contributed by atoms with Crippen LogP contribution in [0.1, 0.15) is 33.5 Å². The van der Waals surface area contributed by atoms with Gasteiger partial charge in [-0.15, -0.1) is 23.7 Å². The van der Waals surface area contributed by atoms with Crippen molar-refractivity contribution in [3.8, 4) is 0 Å². The lowest BCUT2D eigenvalue weighted by atomic mass is 10.2. The average molecular weight is 275 g/mol. The summed E-state index contributed by atoms with van der Waals surface area (Å²) in [4.78, 5) is 16.2. The van der Waals surface area contributed by atoms with E-state index < -0.39 is 0 Å². The Bertz CT molecular complexity index is 405. The van der Waals surface area contributed by atoms with E-state index in [2.05, 4.69) is 13.8 Å². The van der Waals surface area contributed by atoms with Gasteiger partial charge in [0.2, 0.25) is 0 Å². The molecular formula is C12H19ClN2OS. The van der Waals surface area contributed by atoms with Crippen molar-refractivity contribution in [2.45, 2.75) is 32.7 Å². The van der Waals surface area contributed by atoms with Crippen LogP contribution in [-0.4, -0.2) is 29.9 Å². The lowest BCUT2D eigenvalue weighted by Crippen LogP contribution is -2.31. The molecule has 0 radical (unpaired) electrons. The number of nitrogens with zero attached hydrogens (tertiary/aromatic N) is 1. The van der Waals surface area contributed by atoms with Crippen molar-refractivity contribution in [1.29, 1.82) is 0 Å². The molecule has 1 aromatic heterocycles. The van der Waals surface area contributed by atoms with Crippen molar-refractivity contribution in [3.05, 3.63) is 21.4 Å². The highest BCUT2D eigenvalue weighted by atomic mass is 35.5. The first kappa shape index (κ1) is 14.5. The molecule has 3 nitrogen and oxygen atoms in total. The average Bonchev–Trinajstić information content (AvgIpc) is 2.83. The molecule has 1 atom stereocenters. The van der Waals surface area contributed by atoms with Crippen LogP contribution in [0.15, 0.2) is 6.07 Å². The molecule has 0 aromatic carbocycles. The fourth-order valence-electron chi connectivity index (χ4n) is 2.10. The summed E-state index contributed by atoms with van der Waals surface area (Å²) in [5.41, 5.74) is 7.05. The Morgan fingerprint density at radius 3 is 2.82 bits per heavy atom. The van der Waals surface area contributed by atoms with E-state index in [0.29, 0.717) is 6.54 Å². The van der Waals surface area contributed by atoms with Crippen LogP contribution >= 0.6 is 23.7 Å². The van der Waals surface area contributed by atoms with Gasteiger partial charge in [0.1, 0.15) is 0 Å². The molecule has 0 bridgehead atoms. The minimum Gasteiger partial charge on any atom is -0.336 e. The van der Waals surface area contributed by atoms with Crippen LogP contribution in [0.2, 0.25) is 0 Å². The first-order valence-corrected chi connectivity index (χ1v) is 6.57. The van der Waals surface area contributed by atoms with Gasteiger partial charge in [-0.2, -0.15) is 0 Å². The van der Waals surface area contributed by atoms with Crippen LogP contribution in [0.4, 0.5) is 0 Å². The number of aryl methyl sites for hydroxylation is 2. The van der Waals surface area contributed by atoms with Gasteiger partial charge in [0.05, 0.1) is 4.88 Å². The molecule has 1 aromatic rings. The maximum Gasteiger partial charge on any atom is 0.263 e. The molecule has 0 aliphatic carbocycles. The van der Waals surface area contributed by atoms with Gasteiger partial charge in [0.25, 0.3) is 5.91 Å². The van der Waals surface area contributed by atoms with E-state index in [-0.39, 0.29) is 24.4 Å². The van der Waals surface area contributed by atoms with Crippen LogP contribution in [0.5, 0.6) is 0 Å². The number of rotatable bonds is 2. The summed E-state index contributed by atoms with van der Waals surface area (Å²) in [6, 6.07) is 2.17. The van der Waals surface area contributed by atoms with E-state index >= 15 is 0 Å². The van der Waals surface area contributed by atoms with Gasteiger partial charge in [-0.3, -0.25) is 4.79 Å². The predicted octanol–water partition coefficient (Wildman–Crippen LogP) is 2.21. The third-order valence-corrected chi connectivity index (χ3v) is 4.43. The highest BCUT2D eigenvalue weighted by molar-refractivity contribution is 7.14. The number of thiophene rings is 1. The van der Waals surface area contributed by atoms with E-state index in [9.17, 15) is 4.79 Å². The number of hydrogen-bond acceptors (Lipinski definition) is 3. The number of carbonyl (C=O) groups excluding carboxylic acids is 1. The molecule has 0 unspecified atom stereocenters. The van der Waals surface area contributed by atoms with Gasteiger partial charge in [-0.25, -0.2) is 0 Å². The van der Waals surface area contributed by atoms with E-state index in [0.717, 1.165) is 24.3 Å². The molecule has 5 heteroatoms. The van der Waals surface area contributed by atoms with Gasteiger partial charge in [0, 0.05) is 24.0 Å². The SMILES string of the molecule is CCc1sc(C(=O)N2CC[C@@H](N)C2)cc1C.Cl. The summed E-state index contributed by atoms with van der Waals surface area (Å²) >= 11 is 1.62. The van der Waals surface area contributed by atoms with Gasteiger partial charge in [-0.1, -0.05) is 6.92 Å². The Morgan fingerprint density at radius 2 is 2.35 bits per heavy atom. The predicted molar refractivity (Wildman–Crippen MR) is 74.2 cm³/mol. The van der Waals surface area contributed by atoms with Crippen molar-refractivity contribution >= 4 is 29.7 Å². The first-order valence-electron chi connectivity index (χ1n) is 5.76. The Hall–Kier alpha value is -0.580. The zero-order valence-corrected chi connectivity index (χ0v) is 11.9. The standard InChI is InChI=1S/C12H18N2OS.ClH/c1-3-10-8(2)6-11(16-10)12(15)14-5-4-9(13)7-14;/h6,9H,3-5,7,13H2,1-2H3;1H/t9-;/m1./s1. The lowest BCUT2D eigenvalue weighted by Gasteiger charge is -2.14. The van der Waals surface area contributed by atoms with Gasteiger partial charge in [0.15, 0.2) is 0 Å². The highest BCUT2D eigenvalue weighted by Gasteiger charge is 2.25. The minimum atomic E-state index is 0. The number of carbonyl (C=O) groups is 1. The van der Waals surface area contributed by atoms with Crippen molar-refractivity contribution < 1.29 is 4.79 Å². The van der Waals surface area contributed by atoms with Crippen molar-refractivity contribution in [1.82, 2.24) is 4.90 Å². The fraction of sp³-hybridized carbons (Fsp3) is 0.583. The second kappa shape index (κ2) is 5.85. The third kappa shape index (κ3) is 3.00. The lowest BCUT2D eigenvalue weighted by molar-refractivity contribution is 0.0795. The molecule has 1 fully saturated rings. The first-order chi connectivity index (χ1) is 7.61. The molecule has 2 N–H and O–H groups in total. The summed E-state index contributed by atoms with van der Waals surface area (Å²) in [5, 5.41) is 0. The molecule has 2 rings (SSSR count). The quantitative estimate of drug-likeness (QED) is 0.899. The Labute approximate surface area is 112 Å². The number of hydrogen-bond donors (Lipinski definition) is 1. The maximum absolute atomic E-state index is 12.2. The molecule has 96 valence electrons. The maximum atomic E-state index is 12.2. The molecule has 0 saturated carbocycles. The largest absolute Gasteiger partial charge is 0.336 e. The van der Waals surface area contributed by atoms with E-state index in [1.807, 2.05) is 11.0 Å². The normalized spacial score (nSPS) is 19.2. The zero-order chi connectivity index (χ0) is 11.7. The smallest absolute Gasteiger partial charge is 0.263 e. The number of halogens is 1. The Balaban J connectivity index is 0.00000144. The highest BCUT2D eigenvalue weighted by Crippen LogP contribution is 2.24. The monoisotopic (exact) mass is 274 g/mol. The van der Waals surface area contributed by atoms with Crippen LogP contribution < -0.4 is 5.73 Å². The number of nitrogens with two attached hydrogens (primary N) is 1. The fourth-order valence-corrected chi connectivity index (χ4v) is 3.19. The van der Waals surface area contributed by atoms with Crippen LogP contribution in [0.25, 0.3) is 0 Å². The van der Waals surface area contributed by atoms with E-state index in [4.69, 9.17) is 5.73 Å². The minimum absolute atomic E-state index is 0. The number of likely N-dealkylation sites (tertiary alicyclic amines) is 1. The summed E-state index contributed by atoms with van der Waals surface area (Å²) in [5.74, 6) is 0.153. The second-order valence-corrected chi connectivity index (χ2v) is 5.51. The zero-order valence-electron chi connectivity index (χ0n) is 10.2. The topological polar surface area (TPSA) is 46.3 Å². The van der Waals surface area contributed by atoms with Gasteiger partial charge in [-0.05, 0) is 31.4 Å². The summed E-state index contributed by atoms with van der Waals surface area (Å²) in [6.45, 7) is 5.70.